The Labute approximate surface area is 93.4 Å². The third-order valence-electron chi connectivity index (χ3n) is 2.93. The van der Waals surface area contributed by atoms with Crippen molar-refractivity contribution >= 4 is 17.7 Å². The molecule has 1 aromatic carbocycles. The third kappa shape index (κ3) is 1.44. The summed E-state index contributed by atoms with van der Waals surface area (Å²) in [6.07, 6.45) is 1.53. The molecule has 1 heterocycles. The van der Waals surface area contributed by atoms with Crippen LogP contribution in [0.15, 0.2) is 23.2 Å². The van der Waals surface area contributed by atoms with E-state index in [1.165, 1.54) is 6.08 Å². The SMILES string of the molecule is CC1(C)C(=O)NCc2cccc(N=C=O)c21. The van der Waals surface area contributed by atoms with E-state index in [4.69, 9.17) is 0 Å². The van der Waals surface area contributed by atoms with Crippen LogP contribution in [0.5, 0.6) is 0 Å². The Morgan fingerprint density at radius 1 is 1.44 bits per heavy atom. The molecule has 0 spiro atoms. The average Bonchev–Trinajstić information content (AvgIpc) is 2.24. The first-order chi connectivity index (χ1) is 7.57. The number of isocyanates is 1. The first-order valence-electron chi connectivity index (χ1n) is 5.06. The lowest BCUT2D eigenvalue weighted by Gasteiger charge is -2.32. The van der Waals surface area contributed by atoms with Gasteiger partial charge in [-0.3, -0.25) is 4.79 Å². The number of aliphatic imine (C=N–C) groups is 1. The predicted octanol–water partition coefficient (Wildman–Crippen LogP) is 1.56. The van der Waals surface area contributed by atoms with Crippen molar-refractivity contribution in [3.63, 3.8) is 0 Å². The molecule has 0 saturated carbocycles. The summed E-state index contributed by atoms with van der Waals surface area (Å²) >= 11 is 0. The van der Waals surface area contributed by atoms with Crippen molar-refractivity contribution in [3.8, 4) is 0 Å². The van der Waals surface area contributed by atoms with Gasteiger partial charge in [0, 0.05) is 6.54 Å². The topological polar surface area (TPSA) is 58.5 Å². The number of benzene rings is 1. The fraction of sp³-hybridized carbons (Fsp3) is 0.333. The van der Waals surface area contributed by atoms with E-state index in [2.05, 4.69) is 10.3 Å². The number of hydrogen-bond donors (Lipinski definition) is 1. The van der Waals surface area contributed by atoms with Crippen molar-refractivity contribution < 1.29 is 9.59 Å². The second-order valence-corrected chi connectivity index (χ2v) is 4.32. The highest BCUT2D eigenvalue weighted by Gasteiger charge is 2.37. The summed E-state index contributed by atoms with van der Waals surface area (Å²) in [4.78, 5) is 25.8. The molecule has 16 heavy (non-hydrogen) atoms. The number of fused-ring (bicyclic) bond motifs is 1. The van der Waals surface area contributed by atoms with Gasteiger partial charge < -0.3 is 5.32 Å². The number of nitrogens with zero attached hydrogens (tertiary/aromatic N) is 1. The Hall–Kier alpha value is -1.93. The smallest absolute Gasteiger partial charge is 0.240 e. The van der Waals surface area contributed by atoms with Crippen LogP contribution in [0.3, 0.4) is 0 Å². The van der Waals surface area contributed by atoms with Gasteiger partial charge in [0.25, 0.3) is 0 Å². The lowest BCUT2D eigenvalue weighted by Crippen LogP contribution is -2.44. The van der Waals surface area contributed by atoms with Crippen LogP contribution in [0.2, 0.25) is 0 Å². The second-order valence-electron chi connectivity index (χ2n) is 4.32. The summed E-state index contributed by atoms with van der Waals surface area (Å²) in [7, 11) is 0. The van der Waals surface area contributed by atoms with E-state index < -0.39 is 5.41 Å². The largest absolute Gasteiger partial charge is 0.351 e. The van der Waals surface area contributed by atoms with Crippen molar-refractivity contribution in [2.24, 2.45) is 4.99 Å². The van der Waals surface area contributed by atoms with Crippen LogP contribution in [0.1, 0.15) is 25.0 Å². The Balaban J connectivity index is 2.71. The number of amides is 1. The van der Waals surface area contributed by atoms with Gasteiger partial charge in [-0.15, -0.1) is 0 Å². The number of nitrogens with one attached hydrogen (secondary N) is 1. The van der Waals surface area contributed by atoms with Crippen molar-refractivity contribution in [2.75, 3.05) is 0 Å². The van der Waals surface area contributed by atoms with E-state index in [0.29, 0.717) is 12.2 Å². The molecular formula is C12H12N2O2. The van der Waals surface area contributed by atoms with Gasteiger partial charge in [0.2, 0.25) is 12.0 Å². The average molecular weight is 216 g/mol. The highest BCUT2D eigenvalue weighted by atomic mass is 16.2. The predicted molar refractivity (Wildman–Crippen MR) is 59.1 cm³/mol. The molecule has 1 amide bonds. The zero-order valence-corrected chi connectivity index (χ0v) is 9.20. The van der Waals surface area contributed by atoms with Crippen molar-refractivity contribution in [1.82, 2.24) is 5.32 Å². The monoisotopic (exact) mass is 216 g/mol. The molecule has 4 nitrogen and oxygen atoms in total. The van der Waals surface area contributed by atoms with E-state index in [1.54, 1.807) is 6.07 Å². The Kier molecular flexibility index (Phi) is 2.37. The molecule has 1 aliphatic heterocycles. The van der Waals surface area contributed by atoms with Gasteiger partial charge in [0.05, 0.1) is 11.1 Å². The molecule has 0 aromatic heterocycles. The van der Waals surface area contributed by atoms with Crippen LogP contribution in [0.4, 0.5) is 5.69 Å². The Bertz CT molecular complexity index is 500. The second kappa shape index (κ2) is 3.58. The Morgan fingerprint density at radius 2 is 2.19 bits per heavy atom. The summed E-state index contributed by atoms with van der Waals surface area (Å²) in [5.41, 5.74) is 1.69. The lowest BCUT2D eigenvalue weighted by atomic mass is 9.77. The molecule has 1 aromatic rings. The fourth-order valence-electron chi connectivity index (χ4n) is 2.11. The summed E-state index contributed by atoms with van der Waals surface area (Å²) in [6.45, 7) is 4.13. The summed E-state index contributed by atoms with van der Waals surface area (Å²) in [6, 6.07) is 5.48. The maximum absolute atomic E-state index is 11.8. The lowest BCUT2D eigenvalue weighted by molar-refractivity contribution is -0.126. The maximum atomic E-state index is 11.8. The first-order valence-corrected chi connectivity index (χ1v) is 5.06. The first kappa shape index (κ1) is 10.6. The third-order valence-corrected chi connectivity index (χ3v) is 2.93. The molecule has 0 saturated heterocycles. The maximum Gasteiger partial charge on any atom is 0.240 e. The minimum absolute atomic E-state index is 0.0476. The molecule has 0 atom stereocenters. The van der Waals surface area contributed by atoms with Gasteiger partial charge in [0.15, 0.2) is 0 Å². The molecule has 2 rings (SSSR count). The van der Waals surface area contributed by atoms with E-state index in [-0.39, 0.29) is 5.91 Å². The zero-order valence-electron chi connectivity index (χ0n) is 9.20. The molecule has 1 N–H and O–H groups in total. The van der Waals surface area contributed by atoms with Gasteiger partial charge in [0.1, 0.15) is 0 Å². The minimum atomic E-state index is -0.662. The van der Waals surface area contributed by atoms with Crippen LogP contribution in [0, 0.1) is 0 Å². The molecule has 0 unspecified atom stereocenters. The van der Waals surface area contributed by atoms with Gasteiger partial charge in [-0.05, 0) is 31.0 Å². The number of carbonyl (C=O) groups excluding carboxylic acids is 2. The molecule has 0 aliphatic carbocycles. The molecule has 0 fully saturated rings. The summed E-state index contributed by atoms with van der Waals surface area (Å²) in [5, 5.41) is 2.82. The van der Waals surface area contributed by atoms with Crippen molar-refractivity contribution in [1.29, 1.82) is 0 Å². The highest BCUT2D eigenvalue weighted by molar-refractivity contribution is 5.91. The molecule has 1 aliphatic rings. The molecule has 0 bridgehead atoms. The summed E-state index contributed by atoms with van der Waals surface area (Å²) < 4.78 is 0. The molecule has 82 valence electrons. The summed E-state index contributed by atoms with van der Waals surface area (Å²) in [5.74, 6) is -0.0476. The van der Waals surface area contributed by atoms with Crippen LogP contribution >= 0.6 is 0 Å². The fourth-order valence-corrected chi connectivity index (χ4v) is 2.11. The normalized spacial score (nSPS) is 17.0. The van der Waals surface area contributed by atoms with Crippen LogP contribution in [-0.2, 0) is 21.5 Å². The van der Waals surface area contributed by atoms with E-state index in [1.807, 2.05) is 26.0 Å². The van der Waals surface area contributed by atoms with Gasteiger partial charge in [-0.25, -0.2) is 4.79 Å². The highest BCUT2D eigenvalue weighted by Crippen LogP contribution is 2.37. The van der Waals surface area contributed by atoms with Crippen molar-refractivity contribution in [2.45, 2.75) is 25.8 Å². The van der Waals surface area contributed by atoms with Gasteiger partial charge in [-0.1, -0.05) is 12.1 Å². The minimum Gasteiger partial charge on any atom is -0.351 e. The van der Waals surface area contributed by atoms with Crippen LogP contribution < -0.4 is 5.32 Å². The Morgan fingerprint density at radius 3 is 2.88 bits per heavy atom. The van der Waals surface area contributed by atoms with Crippen molar-refractivity contribution in [3.05, 3.63) is 29.3 Å². The van der Waals surface area contributed by atoms with Crippen LogP contribution in [0.25, 0.3) is 0 Å². The number of hydrogen-bond acceptors (Lipinski definition) is 3. The number of rotatable bonds is 1. The van der Waals surface area contributed by atoms with E-state index in [0.717, 1.165) is 11.1 Å². The molecule has 4 heteroatoms. The van der Waals surface area contributed by atoms with E-state index >= 15 is 0 Å². The van der Waals surface area contributed by atoms with Gasteiger partial charge >= 0.3 is 0 Å². The van der Waals surface area contributed by atoms with Gasteiger partial charge in [-0.2, -0.15) is 4.99 Å². The quantitative estimate of drug-likeness (QED) is 0.572. The van der Waals surface area contributed by atoms with Crippen LogP contribution in [-0.4, -0.2) is 12.0 Å². The molecular weight excluding hydrogens is 204 g/mol. The number of carbonyl (C=O) groups is 1. The zero-order chi connectivity index (χ0) is 11.8. The van der Waals surface area contributed by atoms with E-state index in [9.17, 15) is 9.59 Å². The standard InChI is InChI=1S/C12H12N2O2/c1-12(2)10-8(6-13-11(12)16)4-3-5-9(10)14-7-15/h3-5H,6H2,1-2H3,(H,13,16). The molecule has 0 radical (unpaired) electrons.